The molecule has 0 aromatic heterocycles. The second kappa shape index (κ2) is 6.29. The first-order valence-electron chi connectivity index (χ1n) is 7.29. The van der Waals surface area contributed by atoms with Crippen LogP contribution in [0.1, 0.15) is 51.4 Å². The molecule has 2 saturated carbocycles. The van der Waals surface area contributed by atoms with Crippen LogP contribution in [0.2, 0.25) is 0 Å². The summed E-state index contributed by atoms with van der Waals surface area (Å²) in [5.74, 6) is 3.38. The monoisotopic (exact) mass is 270 g/mol. The summed E-state index contributed by atoms with van der Waals surface area (Å²) in [4.78, 5) is 11.5. The Bertz CT molecular complexity index is 292. The number of carbonyl (C=O) groups excluding carboxylic acids is 1. The molecule has 2 fully saturated rings. The Kier molecular flexibility index (Phi) is 4.96. The van der Waals surface area contributed by atoms with Gasteiger partial charge >= 0.3 is 0 Å². The van der Waals surface area contributed by atoms with Gasteiger partial charge < -0.3 is 11.5 Å². The Morgan fingerprint density at radius 3 is 2.61 bits per heavy atom. The molecule has 2 unspecified atom stereocenters. The van der Waals surface area contributed by atoms with Crippen molar-refractivity contribution in [1.29, 1.82) is 0 Å². The fraction of sp³-hybridized carbons (Fsp3) is 0.929. The average Bonchev–Trinajstić information content (AvgIpc) is 2.95. The van der Waals surface area contributed by atoms with Gasteiger partial charge in [0.05, 0.1) is 5.54 Å². The highest BCUT2D eigenvalue weighted by Gasteiger charge is 2.43. The van der Waals surface area contributed by atoms with Crippen LogP contribution in [-0.2, 0) is 4.79 Å². The zero-order valence-electron chi connectivity index (χ0n) is 11.2. The van der Waals surface area contributed by atoms with Crippen molar-refractivity contribution >= 4 is 17.7 Å². The predicted molar refractivity (Wildman–Crippen MR) is 77.4 cm³/mol. The Hall–Kier alpha value is -0.220. The Morgan fingerprint density at radius 1 is 1.22 bits per heavy atom. The number of carbonyl (C=O) groups is 1. The van der Waals surface area contributed by atoms with E-state index in [1.165, 1.54) is 31.4 Å². The number of hydrogen-bond acceptors (Lipinski definition) is 3. The van der Waals surface area contributed by atoms with E-state index in [4.69, 9.17) is 11.5 Å². The lowest BCUT2D eigenvalue weighted by Crippen LogP contribution is -2.54. The van der Waals surface area contributed by atoms with Crippen molar-refractivity contribution in [3.05, 3.63) is 0 Å². The van der Waals surface area contributed by atoms with E-state index in [1.807, 2.05) is 11.8 Å². The van der Waals surface area contributed by atoms with Crippen LogP contribution in [0.25, 0.3) is 0 Å². The summed E-state index contributed by atoms with van der Waals surface area (Å²) >= 11 is 2.04. The molecule has 0 aliphatic heterocycles. The van der Waals surface area contributed by atoms with Crippen molar-refractivity contribution in [2.45, 2.75) is 56.9 Å². The molecule has 104 valence electrons. The van der Waals surface area contributed by atoms with Crippen molar-refractivity contribution in [3.8, 4) is 0 Å². The maximum Gasteiger partial charge on any atom is 0.237 e. The van der Waals surface area contributed by atoms with Gasteiger partial charge in [-0.3, -0.25) is 4.79 Å². The third kappa shape index (κ3) is 3.21. The summed E-state index contributed by atoms with van der Waals surface area (Å²) in [7, 11) is 0. The average molecular weight is 270 g/mol. The molecule has 0 bridgehead atoms. The lowest BCUT2D eigenvalue weighted by Gasteiger charge is -2.28. The van der Waals surface area contributed by atoms with Crippen LogP contribution in [0.5, 0.6) is 0 Å². The molecule has 1 amide bonds. The molecule has 2 aliphatic carbocycles. The molecule has 0 saturated heterocycles. The zero-order chi connectivity index (χ0) is 13.0. The lowest BCUT2D eigenvalue weighted by atomic mass is 9.85. The third-order valence-corrected chi connectivity index (χ3v) is 6.00. The summed E-state index contributed by atoms with van der Waals surface area (Å²) in [6.45, 7) is 0. The third-order valence-electron chi connectivity index (χ3n) is 4.77. The summed E-state index contributed by atoms with van der Waals surface area (Å²) in [6.07, 6.45) is 9.62. The fourth-order valence-corrected chi connectivity index (χ4v) is 4.77. The topological polar surface area (TPSA) is 69.1 Å². The molecule has 2 atom stereocenters. The molecule has 2 aliphatic rings. The van der Waals surface area contributed by atoms with Crippen LogP contribution in [-0.4, -0.2) is 23.0 Å². The van der Waals surface area contributed by atoms with Crippen LogP contribution in [0, 0.1) is 11.8 Å². The first kappa shape index (κ1) is 14.2. The molecule has 0 radical (unpaired) electrons. The number of rotatable bonds is 6. The largest absolute Gasteiger partial charge is 0.368 e. The van der Waals surface area contributed by atoms with E-state index >= 15 is 0 Å². The Labute approximate surface area is 114 Å². The standard InChI is InChI=1S/C14H26N2OS/c15-13(17)14(16)8-3-6-12(14)7-9-18-10-11-4-1-2-5-11/h11-12H,1-10,16H2,(H2,15,17). The van der Waals surface area contributed by atoms with Crippen molar-refractivity contribution in [1.82, 2.24) is 0 Å². The minimum absolute atomic E-state index is 0.300. The molecular weight excluding hydrogens is 244 g/mol. The van der Waals surface area contributed by atoms with Gasteiger partial charge in [0.1, 0.15) is 0 Å². The second-order valence-corrected chi connectivity index (χ2v) is 7.16. The van der Waals surface area contributed by atoms with Gasteiger partial charge in [-0.25, -0.2) is 0 Å². The maximum absolute atomic E-state index is 11.5. The van der Waals surface area contributed by atoms with Gasteiger partial charge in [-0.05, 0) is 55.4 Å². The summed E-state index contributed by atoms with van der Waals surface area (Å²) in [5.41, 5.74) is 10.9. The predicted octanol–water partition coefficient (Wildman–Crippen LogP) is 2.28. The van der Waals surface area contributed by atoms with Crippen molar-refractivity contribution in [2.24, 2.45) is 23.3 Å². The van der Waals surface area contributed by atoms with E-state index in [0.717, 1.165) is 37.4 Å². The van der Waals surface area contributed by atoms with Crippen LogP contribution in [0.15, 0.2) is 0 Å². The number of amides is 1. The highest BCUT2D eigenvalue weighted by Crippen LogP contribution is 2.37. The summed E-state index contributed by atoms with van der Waals surface area (Å²) in [6, 6.07) is 0. The van der Waals surface area contributed by atoms with Gasteiger partial charge in [0.2, 0.25) is 5.91 Å². The Morgan fingerprint density at radius 2 is 1.94 bits per heavy atom. The van der Waals surface area contributed by atoms with Gasteiger partial charge in [-0.1, -0.05) is 19.3 Å². The number of nitrogens with two attached hydrogens (primary N) is 2. The van der Waals surface area contributed by atoms with E-state index in [0.29, 0.717) is 5.92 Å². The van der Waals surface area contributed by atoms with Crippen LogP contribution >= 0.6 is 11.8 Å². The highest BCUT2D eigenvalue weighted by molar-refractivity contribution is 7.99. The maximum atomic E-state index is 11.5. The minimum atomic E-state index is -0.714. The first-order valence-corrected chi connectivity index (χ1v) is 8.45. The zero-order valence-corrected chi connectivity index (χ0v) is 12.0. The quantitative estimate of drug-likeness (QED) is 0.728. The van der Waals surface area contributed by atoms with Gasteiger partial charge in [0, 0.05) is 0 Å². The molecule has 0 aromatic carbocycles. The van der Waals surface area contributed by atoms with Crippen molar-refractivity contribution in [3.63, 3.8) is 0 Å². The van der Waals surface area contributed by atoms with Gasteiger partial charge in [-0.2, -0.15) is 11.8 Å². The van der Waals surface area contributed by atoms with E-state index in [9.17, 15) is 4.79 Å². The van der Waals surface area contributed by atoms with Gasteiger partial charge in [0.15, 0.2) is 0 Å². The molecule has 0 aromatic rings. The van der Waals surface area contributed by atoms with Crippen molar-refractivity contribution in [2.75, 3.05) is 11.5 Å². The van der Waals surface area contributed by atoms with E-state index < -0.39 is 5.54 Å². The number of primary amides is 1. The second-order valence-electron chi connectivity index (χ2n) is 6.01. The highest BCUT2D eigenvalue weighted by atomic mass is 32.2. The smallest absolute Gasteiger partial charge is 0.237 e. The molecule has 0 heterocycles. The van der Waals surface area contributed by atoms with Crippen LogP contribution in [0.3, 0.4) is 0 Å². The SMILES string of the molecule is NC(=O)C1(N)CCCC1CCSCC1CCCC1. The summed E-state index contributed by atoms with van der Waals surface area (Å²) < 4.78 is 0. The molecule has 4 N–H and O–H groups in total. The number of thioether (sulfide) groups is 1. The molecule has 4 heteroatoms. The molecule has 0 spiro atoms. The summed E-state index contributed by atoms with van der Waals surface area (Å²) in [5, 5.41) is 0. The lowest BCUT2D eigenvalue weighted by molar-refractivity contribution is -0.124. The number of hydrogen-bond donors (Lipinski definition) is 2. The van der Waals surface area contributed by atoms with E-state index in [2.05, 4.69) is 0 Å². The van der Waals surface area contributed by atoms with Gasteiger partial charge in [0.25, 0.3) is 0 Å². The van der Waals surface area contributed by atoms with Crippen LogP contribution < -0.4 is 11.5 Å². The molecule has 3 nitrogen and oxygen atoms in total. The van der Waals surface area contributed by atoms with Crippen molar-refractivity contribution < 1.29 is 4.79 Å². The minimum Gasteiger partial charge on any atom is -0.368 e. The fourth-order valence-electron chi connectivity index (χ4n) is 3.48. The van der Waals surface area contributed by atoms with E-state index in [1.54, 1.807) is 0 Å². The van der Waals surface area contributed by atoms with Crippen LogP contribution in [0.4, 0.5) is 0 Å². The molecule has 2 rings (SSSR count). The molecular formula is C14H26N2OS. The normalized spacial score (nSPS) is 33.1. The molecule has 18 heavy (non-hydrogen) atoms. The Balaban J connectivity index is 1.67. The first-order chi connectivity index (χ1) is 8.63. The van der Waals surface area contributed by atoms with E-state index in [-0.39, 0.29) is 5.91 Å². The van der Waals surface area contributed by atoms with Gasteiger partial charge in [-0.15, -0.1) is 0 Å².